The Balaban J connectivity index is 1.28. The van der Waals surface area contributed by atoms with E-state index in [0.29, 0.717) is 22.8 Å². The van der Waals surface area contributed by atoms with Gasteiger partial charge in [0, 0.05) is 62.4 Å². The second-order valence-corrected chi connectivity index (χ2v) is 15.0. The zero-order valence-electron chi connectivity index (χ0n) is 24.7. The van der Waals surface area contributed by atoms with Crippen molar-refractivity contribution in [2.45, 2.75) is 25.8 Å². The lowest BCUT2D eigenvalue weighted by atomic mass is 10.0. The predicted octanol–water partition coefficient (Wildman–Crippen LogP) is 5.40. The Morgan fingerprint density at radius 1 is 0.976 bits per heavy atom. The minimum absolute atomic E-state index is 0.368. The van der Waals surface area contributed by atoms with Crippen LogP contribution in [0.2, 0.25) is 5.02 Å². The lowest BCUT2D eigenvalue weighted by Gasteiger charge is -2.42. The Kier molecular flexibility index (Phi) is 9.09. The topological polar surface area (TPSA) is 85.9 Å². The molecular formula is C30H41ClN7O2P. The summed E-state index contributed by atoms with van der Waals surface area (Å²) in [5.41, 5.74) is 3.68. The summed E-state index contributed by atoms with van der Waals surface area (Å²) < 4.78 is 18.7. The molecule has 41 heavy (non-hydrogen) atoms. The monoisotopic (exact) mass is 597 g/mol. The minimum atomic E-state index is -2.52. The molecule has 2 aliphatic rings. The third kappa shape index (κ3) is 7.15. The number of ether oxygens (including phenoxy) is 1. The van der Waals surface area contributed by atoms with Crippen LogP contribution in [0.15, 0.2) is 42.6 Å². The molecule has 2 N–H and O–H groups in total. The van der Waals surface area contributed by atoms with E-state index in [1.54, 1.807) is 26.6 Å². The Bertz CT molecular complexity index is 1420. The van der Waals surface area contributed by atoms with Crippen LogP contribution >= 0.6 is 18.7 Å². The third-order valence-electron chi connectivity index (χ3n) is 8.04. The summed E-state index contributed by atoms with van der Waals surface area (Å²) in [6.45, 7) is 12.2. The highest BCUT2D eigenvalue weighted by molar-refractivity contribution is 7.70. The van der Waals surface area contributed by atoms with Crippen LogP contribution in [0.4, 0.5) is 28.8 Å². The number of likely N-dealkylation sites (N-methyl/N-ethyl adjacent to an activating group) is 1. The van der Waals surface area contributed by atoms with Gasteiger partial charge in [0.25, 0.3) is 0 Å². The van der Waals surface area contributed by atoms with E-state index in [1.165, 1.54) is 25.9 Å². The van der Waals surface area contributed by atoms with Gasteiger partial charge in [-0.2, -0.15) is 4.98 Å². The van der Waals surface area contributed by atoms with Crippen molar-refractivity contribution in [1.82, 2.24) is 19.8 Å². The summed E-state index contributed by atoms with van der Waals surface area (Å²) in [6.07, 6.45) is 3.90. The highest BCUT2D eigenvalue weighted by Gasteiger charge is 2.27. The van der Waals surface area contributed by atoms with Gasteiger partial charge in [-0.15, -0.1) is 0 Å². The molecule has 3 aromatic rings. The van der Waals surface area contributed by atoms with Gasteiger partial charge in [0.15, 0.2) is 5.82 Å². The van der Waals surface area contributed by atoms with Crippen molar-refractivity contribution < 1.29 is 9.30 Å². The molecular weight excluding hydrogens is 557 g/mol. The normalized spacial score (nSPS) is 17.5. The second kappa shape index (κ2) is 12.6. The maximum atomic E-state index is 12.9. The fourth-order valence-corrected chi connectivity index (χ4v) is 6.91. The quantitative estimate of drug-likeness (QED) is 0.332. The lowest BCUT2D eigenvalue weighted by Crippen LogP contribution is -2.52. The fraction of sp³-hybridized carbons (Fsp3) is 0.467. The molecule has 0 amide bonds. The number of piperazine rings is 1. The number of piperidine rings is 1. The zero-order chi connectivity index (χ0) is 29.1. The summed E-state index contributed by atoms with van der Waals surface area (Å²) in [5, 5.41) is 7.69. The smallest absolute Gasteiger partial charge is 0.229 e. The van der Waals surface area contributed by atoms with E-state index >= 15 is 0 Å². The number of nitrogens with zero attached hydrogens (tertiary/aromatic N) is 5. The van der Waals surface area contributed by atoms with Crippen LogP contribution in [0.25, 0.3) is 0 Å². The number of methoxy groups -OCH3 is 1. The van der Waals surface area contributed by atoms with Crippen molar-refractivity contribution in [3.05, 3.63) is 53.2 Å². The molecule has 0 radical (unpaired) electrons. The van der Waals surface area contributed by atoms with Gasteiger partial charge in [-0.1, -0.05) is 17.7 Å². The number of nitrogens with one attached hydrogen (secondary N) is 2. The van der Waals surface area contributed by atoms with Crippen molar-refractivity contribution in [3.63, 3.8) is 0 Å². The van der Waals surface area contributed by atoms with Gasteiger partial charge in [-0.25, -0.2) is 4.98 Å². The van der Waals surface area contributed by atoms with Crippen LogP contribution < -0.4 is 25.6 Å². The van der Waals surface area contributed by atoms with Crippen molar-refractivity contribution in [2.24, 2.45) is 0 Å². The maximum Gasteiger partial charge on any atom is 0.229 e. The number of benzene rings is 2. The van der Waals surface area contributed by atoms with Crippen molar-refractivity contribution >= 4 is 52.9 Å². The van der Waals surface area contributed by atoms with E-state index in [4.69, 9.17) is 16.3 Å². The van der Waals surface area contributed by atoms with Gasteiger partial charge in [0.2, 0.25) is 5.95 Å². The Morgan fingerprint density at radius 3 is 2.39 bits per heavy atom. The van der Waals surface area contributed by atoms with Crippen LogP contribution in [0.5, 0.6) is 5.75 Å². The minimum Gasteiger partial charge on any atom is -0.494 e. The lowest BCUT2D eigenvalue weighted by molar-refractivity contribution is 0.0982. The van der Waals surface area contributed by atoms with Gasteiger partial charge in [0.05, 0.1) is 24.7 Å². The molecule has 2 aliphatic heterocycles. The molecule has 2 fully saturated rings. The summed E-state index contributed by atoms with van der Waals surface area (Å²) in [7, 11) is 1.36. The SMILES string of the molecule is COc1cc(N2CCC(N3CCN(C)CC3)CC2)ccc1Nc1ncc(Cl)c(Nc2cc(C)ccc2P(C)(C)=O)n1. The standard InChI is InChI=1S/C30H41ClN7O2P/c1-21-6-9-28(41(4,5)39)26(18-21)33-29-24(31)20-32-30(35-29)34-25-8-7-23(19-27(25)40-3)37-12-10-22(11-13-37)38-16-14-36(2)15-17-38/h6-9,18-20,22H,10-17H2,1-5H3,(H2,32,33,34,35). The molecule has 0 unspecified atom stereocenters. The van der Waals surface area contributed by atoms with Gasteiger partial charge in [0.1, 0.15) is 17.9 Å². The van der Waals surface area contributed by atoms with Gasteiger partial charge in [-0.3, -0.25) is 4.90 Å². The van der Waals surface area contributed by atoms with E-state index in [1.807, 2.05) is 31.2 Å². The van der Waals surface area contributed by atoms with Crippen LogP contribution in [0.3, 0.4) is 0 Å². The van der Waals surface area contributed by atoms with Crippen LogP contribution in [-0.2, 0) is 4.57 Å². The average Bonchev–Trinajstić information content (AvgIpc) is 2.95. The van der Waals surface area contributed by atoms with Gasteiger partial charge >= 0.3 is 0 Å². The van der Waals surface area contributed by atoms with Crippen molar-refractivity contribution in [3.8, 4) is 5.75 Å². The highest BCUT2D eigenvalue weighted by Crippen LogP contribution is 2.39. The molecule has 220 valence electrons. The Morgan fingerprint density at radius 2 is 1.71 bits per heavy atom. The van der Waals surface area contributed by atoms with E-state index in [2.05, 4.69) is 54.5 Å². The zero-order valence-corrected chi connectivity index (χ0v) is 26.3. The Hall–Kier alpha value is -2.84. The van der Waals surface area contributed by atoms with E-state index in [-0.39, 0.29) is 0 Å². The first-order valence-electron chi connectivity index (χ1n) is 14.2. The number of aromatic nitrogens is 2. The number of hydrogen-bond donors (Lipinski definition) is 2. The average molecular weight is 598 g/mol. The number of hydrogen-bond acceptors (Lipinski definition) is 9. The molecule has 2 aromatic carbocycles. The van der Waals surface area contributed by atoms with Gasteiger partial charge in [-0.05, 0) is 70.0 Å². The molecule has 0 aliphatic carbocycles. The largest absolute Gasteiger partial charge is 0.494 e. The Labute approximate surface area is 248 Å². The number of aryl methyl sites for hydroxylation is 1. The summed E-state index contributed by atoms with van der Waals surface area (Å²) in [4.78, 5) is 16.5. The van der Waals surface area contributed by atoms with Crippen LogP contribution in [0, 0.1) is 6.92 Å². The summed E-state index contributed by atoms with van der Waals surface area (Å²) in [6, 6.07) is 12.7. The molecule has 0 atom stereocenters. The first-order chi connectivity index (χ1) is 19.6. The number of rotatable bonds is 8. The van der Waals surface area contributed by atoms with E-state index < -0.39 is 7.14 Å². The molecule has 0 spiro atoms. The summed E-state index contributed by atoms with van der Waals surface area (Å²) >= 11 is 6.47. The number of halogens is 1. The maximum absolute atomic E-state index is 12.9. The summed E-state index contributed by atoms with van der Waals surface area (Å²) in [5.74, 6) is 1.53. The van der Waals surface area contributed by atoms with Crippen molar-refractivity contribution in [1.29, 1.82) is 0 Å². The molecule has 3 heterocycles. The van der Waals surface area contributed by atoms with E-state index in [9.17, 15) is 4.57 Å². The van der Waals surface area contributed by atoms with Crippen LogP contribution in [0.1, 0.15) is 18.4 Å². The van der Waals surface area contributed by atoms with Crippen LogP contribution in [-0.4, -0.2) is 92.6 Å². The molecule has 5 rings (SSSR count). The molecule has 11 heteroatoms. The molecule has 2 saturated heterocycles. The molecule has 0 saturated carbocycles. The predicted molar refractivity (Wildman–Crippen MR) is 171 cm³/mol. The third-order valence-corrected chi connectivity index (χ3v) is 9.87. The molecule has 0 bridgehead atoms. The van der Waals surface area contributed by atoms with E-state index in [0.717, 1.165) is 59.9 Å². The number of anilines is 5. The molecule has 9 nitrogen and oxygen atoms in total. The first-order valence-corrected chi connectivity index (χ1v) is 17.2. The fourth-order valence-electron chi connectivity index (χ4n) is 5.64. The second-order valence-electron chi connectivity index (χ2n) is 11.5. The molecule has 1 aromatic heterocycles. The van der Waals surface area contributed by atoms with Gasteiger partial charge < -0.3 is 29.7 Å². The van der Waals surface area contributed by atoms with Crippen molar-refractivity contribution in [2.75, 3.05) is 82.3 Å². The highest BCUT2D eigenvalue weighted by atomic mass is 35.5. The first kappa shape index (κ1) is 29.6.